The molecule has 7 nitrogen and oxygen atoms in total. The molecular weight excluding hydrogens is 370 g/mol. The van der Waals surface area contributed by atoms with Crippen LogP contribution in [0.25, 0.3) is 0 Å². The van der Waals surface area contributed by atoms with Gasteiger partial charge in [-0.15, -0.1) is 0 Å². The zero-order valence-electron chi connectivity index (χ0n) is 17.4. The Morgan fingerprint density at radius 2 is 1.72 bits per heavy atom. The van der Waals surface area contributed by atoms with E-state index in [9.17, 15) is 14.4 Å². The summed E-state index contributed by atoms with van der Waals surface area (Å²) in [7, 11) is 0. The summed E-state index contributed by atoms with van der Waals surface area (Å²) in [4.78, 5) is 37.9. The summed E-state index contributed by atoms with van der Waals surface area (Å²) < 4.78 is 7.25. The Labute approximate surface area is 170 Å². The van der Waals surface area contributed by atoms with Crippen LogP contribution >= 0.6 is 0 Å². The molecule has 1 aliphatic heterocycles. The number of hydrogen-bond donors (Lipinski definition) is 0. The first kappa shape index (κ1) is 20.8. The number of imide groups is 1. The van der Waals surface area contributed by atoms with Crippen LogP contribution in [0, 0.1) is 19.8 Å². The predicted molar refractivity (Wildman–Crippen MR) is 108 cm³/mol. The lowest BCUT2D eigenvalue weighted by Gasteiger charge is -2.13. The van der Waals surface area contributed by atoms with Crippen LogP contribution in [0.4, 0.5) is 0 Å². The quantitative estimate of drug-likeness (QED) is 0.505. The van der Waals surface area contributed by atoms with Gasteiger partial charge in [0.15, 0.2) is 0 Å². The zero-order chi connectivity index (χ0) is 21.1. The highest BCUT2D eigenvalue weighted by atomic mass is 16.5. The van der Waals surface area contributed by atoms with Gasteiger partial charge >= 0.3 is 5.97 Å². The Balaban J connectivity index is 1.49. The lowest BCUT2D eigenvalue weighted by atomic mass is 10.1. The van der Waals surface area contributed by atoms with Gasteiger partial charge in [0.2, 0.25) is 0 Å². The van der Waals surface area contributed by atoms with E-state index in [2.05, 4.69) is 18.9 Å². The van der Waals surface area contributed by atoms with Crippen LogP contribution in [0.2, 0.25) is 0 Å². The minimum atomic E-state index is -0.350. The average molecular weight is 397 g/mol. The van der Waals surface area contributed by atoms with Crippen molar-refractivity contribution in [1.82, 2.24) is 14.7 Å². The summed E-state index contributed by atoms with van der Waals surface area (Å²) >= 11 is 0. The number of amides is 2. The fourth-order valence-electron chi connectivity index (χ4n) is 3.61. The molecule has 7 heteroatoms. The van der Waals surface area contributed by atoms with Gasteiger partial charge in [0.05, 0.1) is 23.4 Å². The molecule has 1 aliphatic rings. The Morgan fingerprint density at radius 1 is 1.10 bits per heavy atom. The molecular formula is C22H27N3O4. The molecule has 29 heavy (non-hydrogen) atoms. The molecule has 0 saturated heterocycles. The molecule has 0 aliphatic carbocycles. The highest BCUT2D eigenvalue weighted by Gasteiger charge is 2.34. The lowest BCUT2D eigenvalue weighted by molar-refractivity contribution is -0.143. The number of aryl methyl sites for hydroxylation is 1. The van der Waals surface area contributed by atoms with Crippen LogP contribution in [-0.2, 0) is 22.5 Å². The second-order valence-corrected chi connectivity index (χ2v) is 7.75. The Kier molecular flexibility index (Phi) is 6.15. The monoisotopic (exact) mass is 397 g/mol. The smallest absolute Gasteiger partial charge is 0.306 e. The van der Waals surface area contributed by atoms with E-state index in [0.29, 0.717) is 23.5 Å². The van der Waals surface area contributed by atoms with Crippen LogP contribution in [0.3, 0.4) is 0 Å². The van der Waals surface area contributed by atoms with Gasteiger partial charge in [-0.3, -0.25) is 24.0 Å². The fourth-order valence-corrected chi connectivity index (χ4v) is 3.61. The van der Waals surface area contributed by atoms with E-state index in [-0.39, 0.29) is 37.4 Å². The van der Waals surface area contributed by atoms with Crippen LogP contribution in [0.1, 0.15) is 57.9 Å². The first-order valence-electron chi connectivity index (χ1n) is 9.93. The second kappa shape index (κ2) is 8.59. The normalized spacial score (nSPS) is 13.3. The number of ether oxygens (including phenoxy) is 1. The molecule has 0 N–H and O–H groups in total. The second-order valence-electron chi connectivity index (χ2n) is 7.75. The highest BCUT2D eigenvalue weighted by molar-refractivity contribution is 6.21. The van der Waals surface area contributed by atoms with Crippen molar-refractivity contribution < 1.29 is 19.1 Å². The van der Waals surface area contributed by atoms with E-state index in [0.717, 1.165) is 28.4 Å². The standard InChI is InChI=1S/C22H27N3O4/c1-14(2)13-25-16(4)17(15(3)23-25)9-10-20(26)29-12-11-24-21(27)18-7-5-6-8-19(18)22(24)28/h5-8,14H,9-13H2,1-4H3. The highest BCUT2D eigenvalue weighted by Crippen LogP contribution is 2.22. The summed E-state index contributed by atoms with van der Waals surface area (Å²) in [6, 6.07) is 6.71. The minimum absolute atomic E-state index is 0.00508. The van der Waals surface area contributed by atoms with Crippen molar-refractivity contribution in [3.8, 4) is 0 Å². The Morgan fingerprint density at radius 3 is 2.31 bits per heavy atom. The number of esters is 1. The molecule has 0 unspecified atom stereocenters. The minimum Gasteiger partial charge on any atom is -0.464 e. The van der Waals surface area contributed by atoms with Gasteiger partial charge in [-0.05, 0) is 43.9 Å². The Hall–Kier alpha value is -2.96. The van der Waals surface area contributed by atoms with E-state index >= 15 is 0 Å². The van der Waals surface area contributed by atoms with Crippen LogP contribution in [0.5, 0.6) is 0 Å². The predicted octanol–water partition coefficient (Wildman–Crippen LogP) is 2.93. The fraction of sp³-hybridized carbons (Fsp3) is 0.455. The number of fused-ring (bicyclic) bond motifs is 1. The van der Waals surface area contributed by atoms with Gasteiger partial charge in [0.25, 0.3) is 11.8 Å². The van der Waals surface area contributed by atoms with Crippen molar-refractivity contribution in [3.05, 3.63) is 52.3 Å². The molecule has 154 valence electrons. The van der Waals surface area contributed by atoms with Crippen LogP contribution < -0.4 is 0 Å². The molecule has 2 heterocycles. The maximum atomic E-state index is 12.3. The van der Waals surface area contributed by atoms with E-state index in [4.69, 9.17) is 4.74 Å². The SMILES string of the molecule is Cc1nn(CC(C)C)c(C)c1CCC(=O)OCCN1C(=O)c2ccccc2C1=O. The largest absolute Gasteiger partial charge is 0.464 e. The van der Waals surface area contributed by atoms with E-state index in [1.807, 2.05) is 18.5 Å². The molecule has 0 bridgehead atoms. The summed E-state index contributed by atoms with van der Waals surface area (Å²) in [5, 5.41) is 4.56. The van der Waals surface area contributed by atoms with Gasteiger partial charge in [-0.1, -0.05) is 26.0 Å². The number of carbonyl (C=O) groups is 3. The average Bonchev–Trinajstić information content (AvgIpc) is 3.07. The molecule has 0 fully saturated rings. The van der Waals surface area contributed by atoms with Crippen molar-refractivity contribution in [2.45, 2.75) is 47.1 Å². The third kappa shape index (κ3) is 4.39. The topological polar surface area (TPSA) is 81.5 Å². The number of nitrogens with zero attached hydrogens (tertiary/aromatic N) is 3. The summed E-state index contributed by atoms with van der Waals surface area (Å²) in [6.07, 6.45) is 0.790. The third-order valence-electron chi connectivity index (χ3n) is 5.10. The maximum Gasteiger partial charge on any atom is 0.306 e. The molecule has 2 aromatic rings. The Bertz CT molecular complexity index is 911. The molecule has 0 atom stereocenters. The summed E-state index contributed by atoms with van der Waals surface area (Å²) in [6.45, 7) is 9.15. The van der Waals surface area contributed by atoms with Crippen LogP contribution in [0.15, 0.2) is 24.3 Å². The van der Waals surface area contributed by atoms with Crippen molar-refractivity contribution in [2.24, 2.45) is 5.92 Å². The number of hydrogen-bond acceptors (Lipinski definition) is 5. The van der Waals surface area contributed by atoms with Crippen molar-refractivity contribution >= 4 is 17.8 Å². The number of aromatic nitrogens is 2. The van der Waals surface area contributed by atoms with Crippen molar-refractivity contribution in [1.29, 1.82) is 0 Å². The van der Waals surface area contributed by atoms with E-state index in [1.54, 1.807) is 24.3 Å². The lowest BCUT2D eigenvalue weighted by Crippen LogP contribution is -2.33. The number of benzene rings is 1. The number of carbonyl (C=O) groups excluding carboxylic acids is 3. The summed E-state index contributed by atoms with van der Waals surface area (Å²) in [5.41, 5.74) is 3.88. The maximum absolute atomic E-state index is 12.3. The van der Waals surface area contributed by atoms with Crippen LogP contribution in [-0.4, -0.2) is 45.6 Å². The van der Waals surface area contributed by atoms with Gasteiger partial charge in [0, 0.05) is 18.7 Å². The summed E-state index contributed by atoms with van der Waals surface area (Å²) in [5.74, 6) is -0.541. The number of rotatable bonds is 8. The van der Waals surface area contributed by atoms with Gasteiger partial charge in [-0.25, -0.2) is 0 Å². The van der Waals surface area contributed by atoms with E-state index in [1.165, 1.54) is 0 Å². The van der Waals surface area contributed by atoms with Gasteiger partial charge < -0.3 is 4.74 Å². The zero-order valence-corrected chi connectivity index (χ0v) is 17.4. The molecule has 1 aromatic carbocycles. The van der Waals surface area contributed by atoms with Crippen molar-refractivity contribution in [2.75, 3.05) is 13.2 Å². The molecule has 3 rings (SSSR count). The molecule has 2 amide bonds. The molecule has 0 saturated carbocycles. The van der Waals surface area contributed by atoms with Gasteiger partial charge in [-0.2, -0.15) is 5.10 Å². The van der Waals surface area contributed by atoms with Gasteiger partial charge in [0.1, 0.15) is 6.61 Å². The first-order valence-corrected chi connectivity index (χ1v) is 9.93. The van der Waals surface area contributed by atoms with Crippen molar-refractivity contribution in [3.63, 3.8) is 0 Å². The molecule has 0 spiro atoms. The molecule has 0 radical (unpaired) electrons. The van der Waals surface area contributed by atoms with E-state index < -0.39 is 0 Å². The third-order valence-corrected chi connectivity index (χ3v) is 5.10. The molecule has 1 aromatic heterocycles. The first-order chi connectivity index (χ1) is 13.8.